The summed E-state index contributed by atoms with van der Waals surface area (Å²) in [6.45, 7) is -0.790. The Morgan fingerprint density at radius 3 is 2.56 bits per heavy atom. The van der Waals surface area contributed by atoms with Crippen LogP contribution < -0.4 is 10.5 Å². The number of carbonyl (C=O) groups is 3. The van der Waals surface area contributed by atoms with Crippen LogP contribution in [0.2, 0.25) is 5.02 Å². The summed E-state index contributed by atoms with van der Waals surface area (Å²) < 4.78 is 32.1. The van der Waals surface area contributed by atoms with Gasteiger partial charge < -0.3 is 9.15 Å². The third-order valence-corrected chi connectivity index (χ3v) is 4.06. The largest absolute Gasteiger partial charge is 0.459 e. The fourth-order valence-electron chi connectivity index (χ4n) is 1.68. The molecule has 1 aromatic heterocycles. The van der Waals surface area contributed by atoms with Crippen LogP contribution in [0.15, 0.2) is 45.9 Å². The zero-order valence-electron chi connectivity index (χ0n) is 12.4. The number of imide groups is 1. The minimum Gasteiger partial charge on any atom is -0.459 e. The van der Waals surface area contributed by atoms with E-state index in [-0.39, 0.29) is 21.2 Å². The summed E-state index contributed by atoms with van der Waals surface area (Å²) in [5.74, 6) is -2.87. The number of ether oxygens (including phenoxy) is 1. The molecule has 11 heteroatoms. The summed E-state index contributed by atoms with van der Waals surface area (Å²) in [6, 6.07) is 5.99. The lowest BCUT2D eigenvalue weighted by Crippen LogP contribution is -2.34. The van der Waals surface area contributed by atoms with Gasteiger partial charge in [-0.2, -0.15) is 0 Å². The molecular formula is C14H11ClN2O7S. The molecule has 0 unspecified atom stereocenters. The molecule has 0 spiro atoms. The van der Waals surface area contributed by atoms with E-state index in [4.69, 9.17) is 25.9 Å². The molecule has 1 heterocycles. The molecule has 2 rings (SSSR count). The first-order valence-corrected chi connectivity index (χ1v) is 8.48. The number of nitrogens with one attached hydrogen (secondary N) is 1. The van der Waals surface area contributed by atoms with Gasteiger partial charge in [-0.3, -0.25) is 14.9 Å². The number of sulfonamides is 1. The molecule has 1 aromatic carbocycles. The quantitative estimate of drug-likeness (QED) is 0.719. The van der Waals surface area contributed by atoms with Gasteiger partial charge in [-0.05, 0) is 30.3 Å². The lowest BCUT2D eigenvalue weighted by atomic mass is 10.2. The number of amides is 2. The summed E-state index contributed by atoms with van der Waals surface area (Å²) in [5, 5.41) is 6.81. The highest BCUT2D eigenvalue weighted by Gasteiger charge is 2.19. The predicted octanol–water partition coefficient (Wildman–Crippen LogP) is 0.694. The lowest BCUT2D eigenvalue weighted by molar-refractivity contribution is -0.123. The van der Waals surface area contributed by atoms with Crippen LogP contribution in [0.1, 0.15) is 20.9 Å². The average molecular weight is 387 g/mol. The number of hydrogen-bond acceptors (Lipinski definition) is 7. The molecule has 2 amide bonds. The van der Waals surface area contributed by atoms with Crippen LogP contribution in [-0.4, -0.2) is 32.8 Å². The van der Waals surface area contributed by atoms with E-state index in [1.165, 1.54) is 18.4 Å². The van der Waals surface area contributed by atoms with Gasteiger partial charge in [0, 0.05) is 0 Å². The van der Waals surface area contributed by atoms with Crippen molar-refractivity contribution >= 4 is 39.4 Å². The van der Waals surface area contributed by atoms with Crippen molar-refractivity contribution in [1.29, 1.82) is 0 Å². The molecule has 0 atom stereocenters. The van der Waals surface area contributed by atoms with Gasteiger partial charge >= 0.3 is 5.97 Å². The number of halogens is 1. The maximum absolute atomic E-state index is 11.9. The Hall–Kier alpha value is -2.69. The Bertz CT molecular complexity index is 923. The number of rotatable bonds is 5. The van der Waals surface area contributed by atoms with Crippen LogP contribution in [0.3, 0.4) is 0 Å². The SMILES string of the molecule is NS(=O)(=O)c1ccc(Cl)c(C(=O)OCC(=O)NC(=O)c2ccco2)c1. The maximum atomic E-state index is 11.9. The average Bonchev–Trinajstić information content (AvgIpc) is 3.06. The summed E-state index contributed by atoms with van der Waals surface area (Å²) >= 11 is 5.80. The number of esters is 1. The summed E-state index contributed by atoms with van der Waals surface area (Å²) in [4.78, 5) is 34.8. The number of benzene rings is 1. The Labute approximate surface area is 146 Å². The molecule has 0 saturated carbocycles. The van der Waals surface area contributed by atoms with Crippen LogP contribution >= 0.6 is 11.6 Å². The molecule has 0 bridgehead atoms. The van der Waals surface area contributed by atoms with Crippen molar-refractivity contribution in [2.24, 2.45) is 5.14 Å². The van der Waals surface area contributed by atoms with Crippen molar-refractivity contribution in [3.8, 4) is 0 Å². The van der Waals surface area contributed by atoms with Gasteiger partial charge in [-0.1, -0.05) is 11.6 Å². The van der Waals surface area contributed by atoms with Gasteiger partial charge in [0.05, 0.1) is 21.7 Å². The molecule has 132 valence electrons. The first-order chi connectivity index (χ1) is 11.7. The molecule has 25 heavy (non-hydrogen) atoms. The molecule has 0 aliphatic rings. The van der Waals surface area contributed by atoms with Crippen molar-refractivity contribution in [1.82, 2.24) is 5.32 Å². The number of hydrogen-bond donors (Lipinski definition) is 2. The summed E-state index contributed by atoms with van der Waals surface area (Å²) in [6.07, 6.45) is 1.25. The van der Waals surface area contributed by atoms with Gasteiger partial charge in [0.25, 0.3) is 11.8 Å². The van der Waals surface area contributed by atoms with E-state index in [1.54, 1.807) is 0 Å². The Kier molecular flexibility index (Phi) is 5.57. The first kappa shape index (κ1) is 18.6. The van der Waals surface area contributed by atoms with Gasteiger partial charge in [0.1, 0.15) is 0 Å². The highest BCUT2D eigenvalue weighted by Crippen LogP contribution is 2.20. The van der Waals surface area contributed by atoms with E-state index < -0.39 is 34.4 Å². The number of nitrogens with two attached hydrogens (primary N) is 1. The molecule has 3 N–H and O–H groups in total. The van der Waals surface area contributed by atoms with E-state index in [0.717, 1.165) is 18.2 Å². The van der Waals surface area contributed by atoms with Gasteiger partial charge in [-0.15, -0.1) is 0 Å². The van der Waals surface area contributed by atoms with Crippen LogP contribution in [0, 0.1) is 0 Å². The van der Waals surface area contributed by atoms with E-state index in [1.807, 2.05) is 5.32 Å². The minimum atomic E-state index is -4.05. The predicted molar refractivity (Wildman–Crippen MR) is 84.3 cm³/mol. The first-order valence-electron chi connectivity index (χ1n) is 6.55. The van der Waals surface area contributed by atoms with Crippen LogP contribution in [0.5, 0.6) is 0 Å². The van der Waals surface area contributed by atoms with Crippen molar-refractivity contribution in [2.75, 3.05) is 6.61 Å². The Morgan fingerprint density at radius 2 is 1.96 bits per heavy atom. The molecule has 2 aromatic rings. The van der Waals surface area contributed by atoms with Gasteiger partial charge in [0.15, 0.2) is 12.4 Å². The Balaban J connectivity index is 2.00. The normalized spacial score (nSPS) is 11.0. The van der Waals surface area contributed by atoms with Crippen molar-refractivity contribution in [3.05, 3.63) is 52.9 Å². The smallest absolute Gasteiger partial charge is 0.340 e. The monoisotopic (exact) mass is 386 g/mol. The third kappa shape index (κ3) is 4.89. The van der Waals surface area contributed by atoms with Crippen molar-refractivity contribution < 1.29 is 32.0 Å². The fraction of sp³-hybridized carbons (Fsp3) is 0.0714. The third-order valence-electron chi connectivity index (χ3n) is 2.82. The lowest BCUT2D eigenvalue weighted by Gasteiger charge is -2.07. The van der Waals surface area contributed by atoms with Crippen molar-refractivity contribution in [2.45, 2.75) is 4.90 Å². The summed E-state index contributed by atoms with van der Waals surface area (Å²) in [5.41, 5.74) is -0.293. The topological polar surface area (TPSA) is 146 Å². The van der Waals surface area contributed by atoms with E-state index in [2.05, 4.69) is 0 Å². The van der Waals surface area contributed by atoms with Gasteiger partial charge in [-0.25, -0.2) is 18.4 Å². The van der Waals surface area contributed by atoms with Gasteiger partial charge in [0.2, 0.25) is 10.0 Å². The summed E-state index contributed by atoms with van der Waals surface area (Å²) in [7, 11) is -4.05. The molecule has 0 fully saturated rings. The van der Waals surface area contributed by atoms with E-state index >= 15 is 0 Å². The highest BCUT2D eigenvalue weighted by molar-refractivity contribution is 7.89. The molecule has 0 aliphatic carbocycles. The van der Waals surface area contributed by atoms with E-state index in [9.17, 15) is 22.8 Å². The highest BCUT2D eigenvalue weighted by atomic mass is 35.5. The molecular weight excluding hydrogens is 376 g/mol. The number of furan rings is 1. The van der Waals surface area contributed by atoms with Crippen LogP contribution in [0.25, 0.3) is 0 Å². The number of primary sulfonamides is 1. The molecule has 9 nitrogen and oxygen atoms in total. The fourth-order valence-corrected chi connectivity index (χ4v) is 2.41. The van der Waals surface area contributed by atoms with Crippen LogP contribution in [-0.2, 0) is 19.6 Å². The molecule has 0 saturated heterocycles. The molecule has 0 aliphatic heterocycles. The Morgan fingerprint density at radius 1 is 1.24 bits per heavy atom. The minimum absolute atomic E-state index is 0.0931. The second kappa shape index (κ2) is 7.47. The van der Waals surface area contributed by atoms with Crippen LogP contribution in [0.4, 0.5) is 0 Å². The van der Waals surface area contributed by atoms with E-state index in [0.29, 0.717) is 0 Å². The zero-order valence-corrected chi connectivity index (χ0v) is 14.0. The van der Waals surface area contributed by atoms with Crippen molar-refractivity contribution in [3.63, 3.8) is 0 Å². The zero-order chi connectivity index (χ0) is 18.6. The maximum Gasteiger partial charge on any atom is 0.340 e. The standard InChI is InChI=1S/C14H11ClN2O7S/c15-10-4-3-8(25(16,21)22)6-9(10)14(20)24-7-12(18)17-13(19)11-2-1-5-23-11/h1-6H,7H2,(H2,16,21,22)(H,17,18,19). The second-order valence-electron chi connectivity index (χ2n) is 4.62. The number of carbonyl (C=O) groups excluding carboxylic acids is 3. The molecule has 0 radical (unpaired) electrons. The second-order valence-corrected chi connectivity index (χ2v) is 6.59.